The molecule has 462 valence electrons. The summed E-state index contributed by atoms with van der Waals surface area (Å²) in [6.07, 6.45) is 13.8. The lowest BCUT2D eigenvalue weighted by Gasteiger charge is -2.25. The van der Waals surface area contributed by atoms with Crippen LogP contribution in [0.25, 0.3) is 37.5 Å². The fraction of sp³-hybridized carbons (Fsp3) is 0.312. The molecule has 0 radical (unpaired) electrons. The number of nitrogens with two attached hydrogens (primary N) is 1. The number of carbonyl (C=O) groups excluding carboxylic acids is 2. The van der Waals surface area contributed by atoms with Crippen molar-refractivity contribution in [3.63, 3.8) is 0 Å². The average Bonchev–Trinajstić information content (AvgIpc) is 2.18. The number of likely N-dealkylation sites (N-methyl/N-ethyl adjacent to an activating group) is 1. The zero-order valence-corrected chi connectivity index (χ0v) is 53.3. The summed E-state index contributed by atoms with van der Waals surface area (Å²) < 4.78 is 14.8. The number of carbonyl (C=O) groups is 3. The lowest BCUT2D eigenvalue weighted by molar-refractivity contribution is 0.0543. The number of thiophene rings is 1. The average molecular weight is 1370 g/mol. The number of nitrogens with zero attached hydrogens (tertiary/aromatic N) is 7. The molecule has 12 rings (SSSR count). The first kappa shape index (κ1) is 70.8. The van der Waals surface area contributed by atoms with E-state index < -0.39 is 17.7 Å². The van der Waals surface area contributed by atoms with Crippen molar-refractivity contribution in [1.82, 2.24) is 39.7 Å². The highest BCUT2D eigenvalue weighted by atomic mass is 79.9. The first-order valence-corrected chi connectivity index (χ1v) is 30.5. The number of aromatic carboxylic acids is 1. The molecular formula is C64H76Br2Cl2N12O6S. The minimum absolute atomic E-state index is 0. The number of fused-ring (bicyclic) bond motifs is 3. The summed E-state index contributed by atoms with van der Waals surface area (Å²) in [7, 11) is 2.02. The van der Waals surface area contributed by atoms with Gasteiger partial charge in [-0.25, -0.2) is 29.5 Å². The van der Waals surface area contributed by atoms with Crippen LogP contribution in [0.4, 0.5) is 27.8 Å². The molecule has 5 aromatic heterocycles. The summed E-state index contributed by atoms with van der Waals surface area (Å²) in [5.74, 6) is 0.472. The predicted octanol–water partition coefficient (Wildman–Crippen LogP) is 16.1. The number of allylic oxidation sites excluding steroid dienone is 1. The Morgan fingerprint density at radius 3 is 2.02 bits per heavy atom. The number of benzene rings is 4. The second-order valence-corrected chi connectivity index (χ2v) is 24.1. The maximum atomic E-state index is 12.2. The predicted molar refractivity (Wildman–Crippen MR) is 366 cm³/mol. The third-order valence-corrected chi connectivity index (χ3v) is 15.1. The molecule has 3 aliphatic rings. The minimum atomic E-state index is -0.864. The number of hydrogen-bond acceptors (Lipinski definition) is 16. The number of likely N-dealkylation sites (tertiary alicyclic amines) is 1. The van der Waals surface area contributed by atoms with Crippen molar-refractivity contribution in [3.8, 4) is 0 Å². The largest absolute Gasteiger partial charge is 0.477 e. The summed E-state index contributed by atoms with van der Waals surface area (Å²) in [6.45, 7) is 14.5. The highest BCUT2D eigenvalue weighted by Crippen LogP contribution is 2.29. The lowest BCUT2D eigenvalue weighted by Crippen LogP contribution is -2.34. The first-order valence-electron chi connectivity index (χ1n) is 27.4. The van der Waals surface area contributed by atoms with E-state index in [-0.39, 0.29) is 31.2 Å². The first-order chi connectivity index (χ1) is 40.8. The lowest BCUT2D eigenvalue weighted by atomic mass is 10.1. The molecule has 7 N–H and O–H groups in total. The van der Waals surface area contributed by atoms with Crippen LogP contribution >= 0.6 is 66.4 Å². The summed E-state index contributed by atoms with van der Waals surface area (Å²) in [5, 5.41) is 21.6. The van der Waals surface area contributed by atoms with Gasteiger partial charge in [0.1, 0.15) is 22.1 Å². The van der Waals surface area contributed by atoms with E-state index in [0.29, 0.717) is 28.2 Å². The van der Waals surface area contributed by atoms with Gasteiger partial charge >= 0.3 is 12.1 Å². The maximum Gasteiger partial charge on any atom is 0.418 e. The van der Waals surface area contributed by atoms with Gasteiger partial charge in [0.2, 0.25) is 10.6 Å². The van der Waals surface area contributed by atoms with Crippen molar-refractivity contribution in [2.24, 2.45) is 10.7 Å². The Balaban J connectivity index is 0.000000198. The maximum absolute atomic E-state index is 12.2. The normalized spacial score (nSPS) is 14.1. The van der Waals surface area contributed by atoms with Crippen LogP contribution in [0.2, 0.25) is 10.6 Å². The number of Topliss-reactive ketones (excluding diaryl/α,β-unsaturated/α-hetero) is 1. The highest BCUT2D eigenvalue weighted by molar-refractivity contribution is 9.10. The minimum Gasteiger partial charge on any atom is -0.477 e. The Labute approximate surface area is 539 Å². The third-order valence-electron chi connectivity index (χ3n) is 12.7. The number of hydrogen-bond donors (Lipinski definition) is 6. The van der Waals surface area contributed by atoms with Gasteiger partial charge in [0.05, 0.1) is 24.4 Å². The molecule has 87 heavy (non-hydrogen) atoms. The number of H-pyrrole nitrogens is 1. The van der Waals surface area contributed by atoms with Gasteiger partial charge < -0.3 is 46.1 Å². The summed E-state index contributed by atoms with van der Waals surface area (Å²) >= 11 is 19.5. The molecule has 0 amide bonds. The van der Waals surface area contributed by atoms with E-state index in [4.69, 9.17) is 43.5 Å². The molecule has 8 heterocycles. The van der Waals surface area contributed by atoms with Crippen molar-refractivity contribution in [2.45, 2.75) is 79.9 Å². The number of halogens is 4. The fourth-order valence-corrected chi connectivity index (χ4v) is 10.6. The Bertz CT molecular complexity index is 3640. The molecule has 2 fully saturated rings. The van der Waals surface area contributed by atoms with Crippen molar-refractivity contribution in [1.29, 1.82) is 0 Å². The standard InChI is InChI=1S/C17H17ClN4O2.C14H11ClN4.C10H8BrNO.C9H5BrO2S.C8H18N2.C4H9NO.2CH4/c1-17(2,3)24-16(23)22-9-7-11-10-12(4-5-13(11)22)20-14-6-8-19-15(18)21-14;15-14-17-8-6-13(19-14)18-12-3-1-10(2-4-12)11-5-7-16-9-11;1-6(13)9-4-7-2-3-8(11)5-10(7)12-9;10-6-2-1-5-3-8(9(11)12)13-7(5)4-6;1-9-5-8-10-6-3-2-4-7-10;5-4-1-2-6-3-4;;/h4-10H,1-3H3,(H,19,20,21);1-6,8-9H,7H2,(H,17,18,19);2-5,12H,1H3;1-4H,(H,11,12);9H,2-8H2,1H3;4H,1-3,5H2;2*1H4. The number of aromatic amines is 1. The van der Waals surface area contributed by atoms with Crippen LogP contribution in [-0.2, 0) is 9.47 Å². The molecule has 0 spiro atoms. The van der Waals surface area contributed by atoms with Crippen LogP contribution < -0.4 is 21.7 Å². The molecule has 0 bridgehead atoms. The molecule has 4 aromatic carbocycles. The second-order valence-electron chi connectivity index (χ2n) is 20.5. The second kappa shape index (κ2) is 35.2. The van der Waals surface area contributed by atoms with E-state index >= 15 is 0 Å². The topological polar surface area (TPSA) is 240 Å². The van der Waals surface area contributed by atoms with Crippen molar-refractivity contribution in [2.75, 3.05) is 63.6 Å². The molecular weight excluding hydrogens is 1300 g/mol. The van der Waals surface area contributed by atoms with Gasteiger partial charge in [-0.3, -0.25) is 14.4 Å². The van der Waals surface area contributed by atoms with E-state index in [1.807, 2.05) is 125 Å². The van der Waals surface area contributed by atoms with Crippen LogP contribution in [-0.4, -0.2) is 128 Å². The molecule has 23 heteroatoms. The van der Waals surface area contributed by atoms with Crippen molar-refractivity contribution >= 4 is 151 Å². The number of nitrogens with one attached hydrogen (secondary N) is 4. The van der Waals surface area contributed by atoms with E-state index in [9.17, 15) is 14.4 Å². The van der Waals surface area contributed by atoms with E-state index in [1.165, 1.54) is 54.8 Å². The van der Waals surface area contributed by atoms with Gasteiger partial charge in [-0.2, -0.15) is 0 Å². The zero-order valence-electron chi connectivity index (χ0n) is 47.8. The number of carboxylic acid groups (broad SMARTS) is 1. The Morgan fingerprint density at radius 1 is 0.816 bits per heavy atom. The van der Waals surface area contributed by atoms with Crippen LogP contribution in [0.15, 0.2) is 148 Å². The smallest absolute Gasteiger partial charge is 0.418 e. The van der Waals surface area contributed by atoms with Gasteiger partial charge in [-0.15, -0.1) is 11.3 Å². The zero-order chi connectivity index (χ0) is 60.9. The number of piperidine rings is 1. The molecule has 2 saturated heterocycles. The Kier molecular flexibility index (Phi) is 28.6. The van der Waals surface area contributed by atoms with Gasteiger partial charge in [-0.1, -0.05) is 83.5 Å². The van der Waals surface area contributed by atoms with Crippen LogP contribution in [0.3, 0.4) is 0 Å². The third kappa shape index (κ3) is 23.3. The quantitative estimate of drug-likeness (QED) is 0.0551. The summed E-state index contributed by atoms with van der Waals surface area (Å²) in [5.41, 5.74) is 11.4. The fourth-order valence-electron chi connectivity index (χ4n) is 8.49. The van der Waals surface area contributed by atoms with E-state index in [2.05, 4.69) is 88.7 Å². The molecule has 3 aliphatic heterocycles. The molecule has 0 aliphatic carbocycles. The number of ether oxygens (including phenoxy) is 2. The number of aliphatic imine (C=N–C) groups is 1. The van der Waals surface area contributed by atoms with Crippen molar-refractivity contribution in [3.05, 3.63) is 170 Å². The summed E-state index contributed by atoms with van der Waals surface area (Å²) in [4.78, 5) is 60.0. The van der Waals surface area contributed by atoms with E-state index in [1.54, 1.807) is 43.7 Å². The van der Waals surface area contributed by atoms with Crippen molar-refractivity contribution < 1.29 is 29.0 Å². The Morgan fingerprint density at radius 2 is 1.46 bits per heavy atom. The number of carboxylic acids is 1. The molecule has 0 saturated carbocycles. The van der Waals surface area contributed by atoms with Gasteiger partial charge in [0.25, 0.3) is 0 Å². The summed E-state index contributed by atoms with van der Waals surface area (Å²) in [6, 6.07) is 34.6. The van der Waals surface area contributed by atoms with Crippen LogP contribution in [0.1, 0.15) is 94.0 Å². The van der Waals surface area contributed by atoms with Crippen LogP contribution in [0.5, 0.6) is 0 Å². The van der Waals surface area contributed by atoms with Gasteiger partial charge in [0, 0.05) is 98.8 Å². The molecule has 1 atom stereocenters. The molecule has 9 aromatic rings. The Hall–Kier alpha value is -6.92. The SMILES string of the molecule is C.C.CC(=O)c1cc2ccc(Br)cc2[nH]1.CC(C)(C)OC(=O)n1ccc2cc(Nc3ccnc(Cl)n3)ccc21.CNCCN1CCCCC1.Clc1nccc(Nc2ccc(C3=CCN=C3)cc2)n1.NC1CCOC1.O=C(O)c1cc2ccc(Br)cc2s1. The number of rotatable bonds is 10. The monoisotopic (exact) mass is 1370 g/mol. The molecule has 1 unspecified atom stereocenters. The highest BCUT2D eigenvalue weighted by Gasteiger charge is 2.19. The van der Waals surface area contributed by atoms with E-state index in [0.717, 1.165) is 96.1 Å². The number of anilines is 4. The number of aromatic nitrogens is 6. The van der Waals surface area contributed by atoms with Gasteiger partial charge in [0.15, 0.2) is 5.78 Å². The van der Waals surface area contributed by atoms with Gasteiger partial charge in [-0.05, 0) is 185 Å². The van der Waals surface area contributed by atoms with Crippen LogP contribution in [0, 0.1) is 0 Å². The molecule has 18 nitrogen and oxygen atoms in total. The number of ketones is 1.